The number of hydrogen-bond acceptors (Lipinski definition) is 3. The summed E-state index contributed by atoms with van der Waals surface area (Å²) < 4.78 is 0. The lowest BCUT2D eigenvalue weighted by Crippen LogP contribution is -2.43. The van der Waals surface area contributed by atoms with Gasteiger partial charge in [0.1, 0.15) is 0 Å². The molecule has 1 unspecified atom stereocenters. The van der Waals surface area contributed by atoms with Gasteiger partial charge in [-0.1, -0.05) is 35.9 Å². The highest BCUT2D eigenvalue weighted by Crippen LogP contribution is 2.43. The molecule has 1 saturated heterocycles. The van der Waals surface area contributed by atoms with Crippen molar-refractivity contribution in [3.05, 3.63) is 66.0 Å². The van der Waals surface area contributed by atoms with E-state index in [4.69, 9.17) is 0 Å². The lowest BCUT2D eigenvalue weighted by atomic mass is 9.70. The second-order valence-electron chi connectivity index (χ2n) is 7.36. The van der Waals surface area contributed by atoms with Crippen molar-refractivity contribution in [3.63, 3.8) is 0 Å². The number of amides is 1. The number of fused-ring (bicyclic) bond motifs is 1. The number of anilines is 1. The van der Waals surface area contributed by atoms with Crippen LogP contribution in [0.25, 0.3) is 5.57 Å². The fourth-order valence-electron chi connectivity index (χ4n) is 4.39. The largest absolute Gasteiger partial charge is 0.324 e. The minimum atomic E-state index is 0.0282. The maximum Gasteiger partial charge on any atom is 0.228 e. The Morgan fingerprint density at radius 1 is 1.15 bits per heavy atom. The summed E-state index contributed by atoms with van der Waals surface area (Å²) in [5.74, 6) is 0.456. The zero-order chi connectivity index (χ0) is 17.9. The Morgan fingerprint density at radius 2 is 2.00 bits per heavy atom. The van der Waals surface area contributed by atoms with Crippen LogP contribution in [0.5, 0.6) is 0 Å². The predicted octanol–water partition coefficient (Wildman–Crippen LogP) is 3.84. The van der Waals surface area contributed by atoms with Gasteiger partial charge in [0, 0.05) is 31.1 Å². The van der Waals surface area contributed by atoms with E-state index in [1.54, 1.807) is 12.4 Å². The van der Waals surface area contributed by atoms with E-state index in [0.717, 1.165) is 38.0 Å². The standard InChI is InChI=1S/C22H25N3O/c1-25-13-11-19-18(16-6-3-2-4-7-16)9-10-20(21(19)15-25)22(26)24-17-8-5-12-23-14-17/h2-8,12,14,20-21H,9-11,13,15H2,1H3,(H,24,26)/t20-,21?/m1/s1. The third-order valence-electron chi connectivity index (χ3n) is 5.69. The van der Waals surface area contributed by atoms with Gasteiger partial charge in [0.05, 0.1) is 11.9 Å². The molecule has 0 bridgehead atoms. The quantitative estimate of drug-likeness (QED) is 0.918. The Hall–Kier alpha value is -2.46. The van der Waals surface area contributed by atoms with Crippen molar-refractivity contribution in [1.82, 2.24) is 9.88 Å². The van der Waals surface area contributed by atoms with Crippen LogP contribution < -0.4 is 5.32 Å². The van der Waals surface area contributed by atoms with Crippen molar-refractivity contribution in [3.8, 4) is 0 Å². The molecule has 2 aromatic rings. The Morgan fingerprint density at radius 3 is 2.77 bits per heavy atom. The molecule has 1 aromatic heterocycles. The number of pyridine rings is 1. The summed E-state index contributed by atoms with van der Waals surface area (Å²) in [4.78, 5) is 19.4. The van der Waals surface area contributed by atoms with Crippen LogP contribution in [0.15, 0.2) is 60.4 Å². The first-order valence-electron chi connectivity index (χ1n) is 9.39. The van der Waals surface area contributed by atoms with E-state index in [1.165, 1.54) is 16.7 Å². The molecule has 26 heavy (non-hydrogen) atoms. The molecule has 1 aliphatic heterocycles. The van der Waals surface area contributed by atoms with Crippen LogP contribution in [0.4, 0.5) is 5.69 Å². The number of nitrogens with one attached hydrogen (secondary N) is 1. The van der Waals surface area contributed by atoms with E-state index in [9.17, 15) is 4.79 Å². The minimum absolute atomic E-state index is 0.0282. The minimum Gasteiger partial charge on any atom is -0.324 e. The molecule has 4 rings (SSSR count). The van der Waals surface area contributed by atoms with Gasteiger partial charge in [-0.25, -0.2) is 0 Å². The summed E-state index contributed by atoms with van der Waals surface area (Å²) in [6, 6.07) is 14.4. The molecular weight excluding hydrogens is 322 g/mol. The van der Waals surface area contributed by atoms with Gasteiger partial charge in [0.25, 0.3) is 0 Å². The van der Waals surface area contributed by atoms with Crippen LogP contribution in [0, 0.1) is 11.8 Å². The van der Waals surface area contributed by atoms with Gasteiger partial charge in [0.15, 0.2) is 0 Å². The van der Waals surface area contributed by atoms with Gasteiger partial charge < -0.3 is 10.2 Å². The van der Waals surface area contributed by atoms with Crippen LogP contribution in [-0.4, -0.2) is 35.9 Å². The molecule has 0 spiro atoms. The van der Waals surface area contributed by atoms with Gasteiger partial charge in [-0.2, -0.15) is 0 Å². The van der Waals surface area contributed by atoms with E-state index < -0.39 is 0 Å². The lowest BCUT2D eigenvalue weighted by molar-refractivity contribution is -0.121. The van der Waals surface area contributed by atoms with Crippen molar-refractivity contribution in [1.29, 1.82) is 0 Å². The molecule has 0 radical (unpaired) electrons. The fourth-order valence-corrected chi connectivity index (χ4v) is 4.39. The number of rotatable bonds is 3. The Kier molecular flexibility index (Phi) is 4.85. The molecule has 134 valence electrons. The molecule has 2 aliphatic rings. The zero-order valence-corrected chi connectivity index (χ0v) is 15.2. The van der Waals surface area contributed by atoms with Crippen LogP contribution in [0.2, 0.25) is 0 Å². The van der Waals surface area contributed by atoms with E-state index in [2.05, 4.69) is 52.6 Å². The van der Waals surface area contributed by atoms with Crippen molar-refractivity contribution in [2.45, 2.75) is 19.3 Å². The number of hydrogen-bond donors (Lipinski definition) is 1. The Bertz CT molecular complexity index is 801. The van der Waals surface area contributed by atoms with Crippen LogP contribution in [0.1, 0.15) is 24.8 Å². The maximum absolute atomic E-state index is 13.0. The van der Waals surface area contributed by atoms with E-state index >= 15 is 0 Å². The molecule has 1 aromatic carbocycles. The number of piperidine rings is 1. The lowest BCUT2D eigenvalue weighted by Gasteiger charge is -2.41. The molecule has 2 heterocycles. The summed E-state index contributed by atoms with van der Waals surface area (Å²) in [6.07, 6.45) is 6.37. The normalized spacial score (nSPS) is 23.4. The number of carbonyl (C=O) groups excluding carboxylic acids is 1. The maximum atomic E-state index is 13.0. The fraction of sp³-hybridized carbons (Fsp3) is 0.364. The third-order valence-corrected chi connectivity index (χ3v) is 5.69. The first-order valence-corrected chi connectivity index (χ1v) is 9.39. The first kappa shape index (κ1) is 17.0. The van der Waals surface area contributed by atoms with E-state index in [-0.39, 0.29) is 11.8 Å². The van der Waals surface area contributed by atoms with Gasteiger partial charge >= 0.3 is 0 Å². The number of benzene rings is 1. The SMILES string of the molecule is CN1CCC2=C(c3ccccc3)CC[C@@H](C(=O)Nc3cccnc3)C2C1. The van der Waals surface area contributed by atoms with Crippen LogP contribution in [0.3, 0.4) is 0 Å². The number of likely N-dealkylation sites (tertiary alicyclic amines) is 1. The highest BCUT2D eigenvalue weighted by atomic mass is 16.1. The van der Waals surface area contributed by atoms with E-state index in [0.29, 0.717) is 5.92 Å². The van der Waals surface area contributed by atoms with Gasteiger partial charge in [-0.05, 0) is 49.6 Å². The number of carbonyl (C=O) groups is 1. The predicted molar refractivity (Wildman–Crippen MR) is 105 cm³/mol. The molecule has 1 fully saturated rings. The number of nitrogens with zero attached hydrogens (tertiary/aromatic N) is 2. The highest BCUT2D eigenvalue weighted by molar-refractivity contribution is 5.93. The molecular formula is C22H25N3O. The third kappa shape index (κ3) is 3.42. The average Bonchev–Trinajstić information content (AvgIpc) is 2.68. The first-order chi connectivity index (χ1) is 12.7. The van der Waals surface area contributed by atoms with Crippen LogP contribution in [-0.2, 0) is 4.79 Å². The highest BCUT2D eigenvalue weighted by Gasteiger charge is 2.38. The summed E-state index contributed by atoms with van der Waals surface area (Å²) >= 11 is 0. The summed E-state index contributed by atoms with van der Waals surface area (Å²) in [6.45, 7) is 2.02. The van der Waals surface area contributed by atoms with Gasteiger partial charge in [0.2, 0.25) is 5.91 Å². The second kappa shape index (κ2) is 7.42. The second-order valence-corrected chi connectivity index (χ2v) is 7.36. The topological polar surface area (TPSA) is 45.2 Å². The monoisotopic (exact) mass is 347 g/mol. The van der Waals surface area contributed by atoms with Crippen molar-refractivity contribution in [2.75, 3.05) is 25.5 Å². The van der Waals surface area contributed by atoms with Gasteiger partial charge in [-0.3, -0.25) is 9.78 Å². The Labute approximate surface area is 154 Å². The number of allylic oxidation sites excluding steroid dienone is 1. The van der Waals surface area contributed by atoms with Crippen molar-refractivity contribution in [2.24, 2.45) is 11.8 Å². The smallest absolute Gasteiger partial charge is 0.228 e. The molecule has 1 N–H and O–H groups in total. The number of aromatic nitrogens is 1. The molecule has 1 aliphatic carbocycles. The molecule has 0 saturated carbocycles. The van der Waals surface area contributed by atoms with Gasteiger partial charge in [-0.15, -0.1) is 0 Å². The zero-order valence-electron chi connectivity index (χ0n) is 15.2. The molecule has 1 amide bonds. The van der Waals surface area contributed by atoms with Crippen molar-refractivity contribution >= 4 is 17.2 Å². The summed E-state index contributed by atoms with van der Waals surface area (Å²) in [5.41, 5.74) is 5.06. The summed E-state index contributed by atoms with van der Waals surface area (Å²) in [7, 11) is 2.16. The Balaban J connectivity index is 1.62. The molecule has 4 heteroatoms. The summed E-state index contributed by atoms with van der Waals surface area (Å²) in [5, 5.41) is 3.07. The van der Waals surface area contributed by atoms with Crippen LogP contribution >= 0.6 is 0 Å². The molecule has 2 atom stereocenters. The van der Waals surface area contributed by atoms with E-state index in [1.807, 2.05) is 12.1 Å². The average molecular weight is 347 g/mol. The van der Waals surface area contributed by atoms with Crippen molar-refractivity contribution < 1.29 is 4.79 Å². The molecule has 4 nitrogen and oxygen atoms in total.